The minimum Gasteiger partial charge on any atom is -0.377 e. The molecule has 2 aromatic carbocycles. The molecule has 0 aliphatic heterocycles. The van der Waals surface area contributed by atoms with E-state index in [0.29, 0.717) is 5.56 Å². The van der Waals surface area contributed by atoms with Crippen molar-refractivity contribution in [2.24, 2.45) is 0 Å². The van der Waals surface area contributed by atoms with Crippen molar-refractivity contribution >= 4 is 27.1 Å². The van der Waals surface area contributed by atoms with Crippen molar-refractivity contribution in [1.29, 1.82) is 5.26 Å². The van der Waals surface area contributed by atoms with Gasteiger partial charge in [-0.15, -0.1) is 11.3 Å². The zero-order valence-electron chi connectivity index (χ0n) is 11.1. The maximum atomic E-state index is 9.13. The van der Waals surface area contributed by atoms with Crippen LogP contribution in [0.4, 0.5) is 5.69 Å². The molecule has 0 fully saturated rings. The number of anilines is 1. The van der Waals surface area contributed by atoms with Gasteiger partial charge in [0.15, 0.2) is 0 Å². The summed E-state index contributed by atoms with van der Waals surface area (Å²) in [6, 6.07) is 20.6. The number of nitrogens with zero attached hydrogens (tertiary/aromatic N) is 1. The van der Waals surface area contributed by atoms with Crippen molar-refractivity contribution < 1.29 is 0 Å². The Morgan fingerprint density at radius 1 is 1.10 bits per heavy atom. The van der Waals surface area contributed by atoms with Crippen molar-refractivity contribution in [1.82, 2.24) is 0 Å². The topological polar surface area (TPSA) is 35.8 Å². The molecule has 1 atom stereocenters. The molecule has 0 aliphatic carbocycles. The Morgan fingerprint density at radius 3 is 2.65 bits per heavy atom. The predicted molar refractivity (Wildman–Crippen MR) is 85.0 cm³/mol. The second-order valence-electron chi connectivity index (χ2n) is 4.71. The van der Waals surface area contributed by atoms with Gasteiger partial charge in [0.05, 0.1) is 17.3 Å². The summed E-state index contributed by atoms with van der Waals surface area (Å²) in [6.07, 6.45) is 0. The summed E-state index contributed by atoms with van der Waals surface area (Å²) in [7, 11) is 0. The lowest BCUT2D eigenvalue weighted by Gasteiger charge is -2.14. The molecule has 98 valence electrons. The van der Waals surface area contributed by atoms with E-state index in [1.807, 2.05) is 24.3 Å². The van der Waals surface area contributed by atoms with Crippen LogP contribution in [-0.4, -0.2) is 0 Å². The van der Waals surface area contributed by atoms with Gasteiger partial charge in [-0.3, -0.25) is 0 Å². The van der Waals surface area contributed by atoms with Crippen LogP contribution in [0.3, 0.4) is 0 Å². The summed E-state index contributed by atoms with van der Waals surface area (Å²) in [5, 5.41) is 13.8. The Bertz CT molecular complexity index is 750. The van der Waals surface area contributed by atoms with E-state index in [0.717, 1.165) is 5.69 Å². The molecule has 0 amide bonds. The highest BCUT2D eigenvalue weighted by atomic mass is 32.1. The second kappa shape index (κ2) is 5.36. The molecule has 3 rings (SSSR count). The lowest BCUT2D eigenvalue weighted by molar-refractivity contribution is 0.908. The quantitative estimate of drug-likeness (QED) is 0.736. The molecule has 20 heavy (non-hydrogen) atoms. The molecule has 0 aliphatic rings. The van der Waals surface area contributed by atoms with Gasteiger partial charge in [0.2, 0.25) is 0 Å². The lowest BCUT2D eigenvalue weighted by atomic mass is 10.1. The first-order valence-electron chi connectivity index (χ1n) is 6.52. The fraction of sp³-hybridized carbons (Fsp3) is 0.118. The fourth-order valence-corrected chi connectivity index (χ4v) is 3.29. The van der Waals surface area contributed by atoms with Gasteiger partial charge in [-0.05, 0) is 36.6 Å². The molecule has 0 spiro atoms. The van der Waals surface area contributed by atoms with Crippen LogP contribution in [-0.2, 0) is 0 Å². The number of hydrogen-bond acceptors (Lipinski definition) is 3. The Labute approximate surface area is 122 Å². The Morgan fingerprint density at radius 2 is 1.85 bits per heavy atom. The van der Waals surface area contributed by atoms with Crippen LogP contribution in [0.25, 0.3) is 10.1 Å². The fourth-order valence-electron chi connectivity index (χ4n) is 2.23. The first-order valence-corrected chi connectivity index (χ1v) is 7.34. The van der Waals surface area contributed by atoms with Crippen molar-refractivity contribution in [3.8, 4) is 6.07 Å². The van der Waals surface area contributed by atoms with Crippen LogP contribution >= 0.6 is 11.3 Å². The lowest BCUT2D eigenvalue weighted by Crippen LogP contribution is -2.05. The molecule has 3 aromatic rings. The van der Waals surface area contributed by atoms with Gasteiger partial charge in [-0.2, -0.15) is 5.26 Å². The van der Waals surface area contributed by atoms with Crippen LogP contribution in [0.5, 0.6) is 0 Å². The van der Waals surface area contributed by atoms with E-state index < -0.39 is 0 Å². The third-order valence-corrected chi connectivity index (χ3v) is 4.59. The maximum absolute atomic E-state index is 9.13. The maximum Gasteiger partial charge on any atom is 0.101 e. The van der Waals surface area contributed by atoms with E-state index in [9.17, 15) is 0 Å². The van der Waals surface area contributed by atoms with Crippen LogP contribution in [0, 0.1) is 11.3 Å². The molecule has 0 saturated carbocycles. The summed E-state index contributed by atoms with van der Waals surface area (Å²) in [5.74, 6) is 0. The minimum absolute atomic E-state index is 0.182. The average molecular weight is 278 g/mol. The first-order chi connectivity index (χ1) is 9.78. The number of hydrogen-bond donors (Lipinski definition) is 1. The SMILES string of the molecule is CC(Nc1ccccc1C#N)c1cc2ccccc2s1. The number of fused-ring (bicyclic) bond motifs is 1. The second-order valence-corrected chi connectivity index (χ2v) is 5.83. The number of nitriles is 1. The van der Waals surface area contributed by atoms with Crippen molar-refractivity contribution in [2.75, 3.05) is 5.32 Å². The molecule has 0 bridgehead atoms. The van der Waals surface area contributed by atoms with E-state index in [1.54, 1.807) is 11.3 Å². The zero-order chi connectivity index (χ0) is 13.9. The van der Waals surface area contributed by atoms with Gasteiger partial charge >= 0.3 is 0 Å². The summed E-state index contributed by atoms with van der Waals surface area (Å²) in [4.78, 5) is 1.28. The molecule has 0 radical (unpaired) electrons. The predicted octanol–water partition coefficient (Wildman–Crippen LogP) is 4.95. The molecule has 3 heteroatoms. The van der Waals surface area contributed by atoms with Crippen LogP contribution in [0.15, 0.2) is 54.6 Å². The molecular formula is C17H14N2S. The highest BCUT2D eigenvalue weighted by Gasteiger charge is 2.11. The normalized spacial score (nSPS) is 12.0. The van der Waals surface area contributed by atoms with Gasteiger partial charge < -0.3 is 5.32 Å². The number of para-hydroxylation sites is 1. The molecule has 1 unspecified atom stereocenters. The van der Waals surface area contributed by atoms with Gasteiger partial charge in [-0.1, -0.05) is 30.3 Å². The van der Waals surface area contributed by atoms with Gasteiger partial charge in [0, 0.05) is 9.58 Å². The van der Waals surface area contributed by atoms with Crippen LogP contribution in [0.1, 0.15) is 23.4 Å². The Hall–Kier alpha value is -2.31. The average Bonchev–Trinajstić information content (AvgIpc) is 2.92. The number of thiophene rings is 1. The molecule has 2 nitrogen and oxygen atoms in total. The summed E-state index contributed by atoms with van der Waals surface area (Å²) >= 11 is 1.79. The standard InChI is InChI=1S/C17H14N2S/c1-12(19-15-8-4-2-7-14(15)11-18)17-10-13-6-3-5-9-16(13)20-17/h2-10,12,19H,1H3. The number of rotatable bonds is 3. The minimum atomic E-state index is 0.182. The Balaban J connectivity index is 1.89. The molecule has 0 saturated heterocycles. The molecular weight excluding hydrogens is 264 g/mol. The van der Waals surface area contributed by atoms with E-state index in [4.69, 9.17) is 5.26 Å². The van der Waals surface area contributed by atoms with Crippen molar-refractivity contribution in [2.45, 2.75) is 13.0 Å². The third kappa shape index (κ3) is 2.38. The van der Waals surface area contributed by atoms with Gasteiger partial charge in [-0.25, -0.2) is 0 Å². The largest absolute Gasteiger partial charge is 0.377 e. The van der Waals surface area contributed by atoms with Gasteiger partial charge in [0.25, 0.3) is 0 Å². The zero-order valence-corrected chi connectivity index (χ0v) is 11.9. The van der Waals surface area contributed by atoms with Gasteiger partial charge in [0.1, 0.15) is 6.07 Å². The highest BCUT2D eigenvalue weighted by molar-refractivity contribution is 7.19. The van der Waals surface area contributed by atoms with E-state index in [1.165, 1.54) is 15.0 Å². The van der Waals surface area contributed by atoms with E-state index in [-0.39, 0.29) is 6.04 Å². The smallest absolute Gasteiger partial charge is 0.101 e. The summed E-state index contributed by atoms with van der Waals surface area (Å²) in [5.41, 5.74) is 1.57. The number of benzene rings is 2. The highest BCUT2D eigenvalue weighted by Crippen LogP contribution is 2.31. The summed E-state index contributed by atoms with van der Waals surface area (Å²) in [6.45, 7) is 2.12. The van der Waals surface area contributed by atoms with Crippen LogP contribution < -0.4 is 5.32 Å². The third-order valence-electron chi connectivity index (χ3n) is 3.29. The van der Waals surface area contributed by atoms with Crippen molar-refractivity contribution in [3.05, 3.63) is 65.0 Å². The number of nitrogens with one attached hydrogen (secondary N) is 1. The van der Waals surface area contributed by atoms with E-state index in [2.05, 4.69) is 48.6 Å². The van der Waals surface area contributed by atoms with E-state index >= 15 is 0 Å². The Kier molecular flexibility index (Phi) is 3.41. The molecule has 1 N–H and O–H groups in total. The molecule has 1 heterocycles. The first kappa shape index (κ1) is 12.7. The molecule has 1 aromatic heterocycles. The summed E-state index contributed by atoms with van der Waals surface area (Å²) < 4.78 is 1.30. The van der Waals surface area contributed by atoms with Crippen LogP contribution in [0.2, 0.25) is 0 Å². The van der Waals surface area contributed by atoms with Crippen molar-refractivity contribution in [3.63, 3.8) is 0 Å². The monoisotopic (exact) mass is 278 g/mol.